The number of halogens is 1. The molecule has 0 unspecified atom stereocenters. The van der Waals surface area contributed by atoms with Gasteiger partial charge in [-0.3, -0.25) is 0 Å². The summed E-state index contributed by atoms with van der Waals surface area (Å²) < 4.78 is 5.65. The Labute approximate surface area is 106 Å². The minimum atomic E-state index is 0.421. The number of benzene rings is 2. The highest BCUT2D eigenvalue weighted by Gasteiger charge is 2.01. The first kappa shape index (κ1) is 11.8. The second-order valence-electron chi connectivity index (χ2n) is 3.77. The fourth-order valence-electron chi connectivity index (χ4n) is 1.53. The molecule has 3 heteroatoms. The number of nitrogen functional groups attached to an aromatic ring is 1. The van der Waals surface area contributed by atoms with Crippen molar-refractivity contribution in [2.45, 2.75) is 12.5 Å². The van der Waals surface area contributed by atoms with Crippen LogP contribution in [0.2, 0.25) is 0 Å². The Balaban J connectivity index is 2.02. The van der Waals surface area contributed by atoms with E-state index in [4.69, 9.17) is 22.1 Å². The van der Waals surface area contributed by atoms with E-state index in [1.807, 2.05) is 42.5 Å². The first-order valence-electron chi connectivity index (χ1n) is 5.40. The number of nitrogens with two attached hydrogens (primary N) is 1. The molecule has 0 aliphatic rings. The number of anilines is 1. The molecule has 2 N–H and O–H groups in total. The Bertz CT molecular complexity index is 485. The SMILES string of the molecule is Nc1cc(OCc2ccccc2)ccc1CCl. The molecule has 0 bridgehead atoms. The molecule has 17 heavy (non-hydrogen) atoms. The summed E-state index contributed by atoms with van der Waals surface area (Å²) in [5.74, 6) is 1.19. The normalized spacial score (nSPS) is 10.2. The van der Waals surface area contributed by atoms with Crippen LogP contribution in [0.1, 0.15) is 11.1 Å². The fraction of sp³-hybridized carbons (Fsp3) is 0.143. The van der Waals surface area contributed by atoms with Crippen molar-refractivity contribution in [3.63, 3.8) is 0 Å². The van der Waals surface area contributed by atoms with Crippen LogP contribution in [0, 0.1) is 0 Å². The van der Waals surface area contributed by atoms with Gasteiger partial charge < -0.3 is 10.5 Å². The van der Waals surface area contributed by atoms with Gasteiger partial charge in [-0.15, -0.1) is 11.6 Å². The standard InChI is InChI=1S/C14H14ClNO/c15-9-12-6-7-13(8-14(12)16)17-10-11-4-2-1-3-5-11/h1-8H,9-10,16H2. The van der Waals surface area contributed by atoms with Gasteiger partial charge in [0.2, 0.25) is 0 Å². The van der Waals surface area contributed by atoms with Gasteiger partial charge in [0.15, 0.2) is 0 Å². The Morgan fingerprint density at radius 3 is 2.47 bits per heavy atom. The molecule has 0 amide bonds. The lowest BCUT2D eigenvalue weighted by atomic mass is 10.2. The number of rotatable bonds is 4. The molecule has 2 nitrogen and oxygen atoms in total. The average Bonchev–Trinajstić information content (AvgIpc) is 2.38. The second-order valence-corrected chi connectivity index (χ2v) is 4.04. The molecule has 0 fully saturated rings. The quantitative estimate of drug-likeness (QED) is 0.662. The number of hydrogen-bond donors (Lipinski definition) is 1. The van der Waals surface area contributed by atoms with E-state index in [0.29, 0.717) is 18.2 Å². The van der Waals surface area contributed by atoms with E-state index >= 15 is 0 Å². The molecule has 88 valence electrons. The van der Waals surface area contributed by atoms with Crippen LogP contribution in [0.25, 0.3) is 0 Å². The lowest BCUT2D eigenvalue weighted by Gasteiger charge is -2.08. The zero-order chi connectivity index (χ0) is 12.1. The van der Waals surface area contributed by atoms with Gasteiger partial charge in [0.25, 0.3) is 0 Å². The van der Waals surface area contributed by atoms with Crippen molar-refractivity contribution in [3.05, 3.63) is 59.7 Å². The van der Waals surface area contributed by atoms with Gasteiger partial charge in [0.05, 0.1) is 0 Å². The third kappa shape index (κ3) is 3.14. The Kier molecular flexibility index (Phi) is 3.89. The van der Waals surface area contributed by atoms with Crippen molar-refractivity contribution in [1.82, 2.24) is 0 Å². The van der Waals surface area contributed by atoms with Crippen LogP contribution in [-0.4, -0.2) is 0 Å². The van der Waals surface area contributed by atoms with Crippen molar-refractivity contribution in [2.24, 2.45) is 0 Å². The van der Waals surface area contributed by atoms with Crippen LogP contribution in [0.4, 0.5) is 5.69 Å². The molecular formula is C14H14ClNO. The van der Waals surface area contributed by atoms with Crippen LogP contribution in [0.15, 0.2) is 48.5 Å². The van der Waals surface area contributed by atoms with Gasteiger partial charge in [-0.25, -0.2) is 0 Å². The van der Waals surface area contributed by atoms with E-state index in [0.717, 1.165) is 16.9 Å². The second kappa shape index (κ2) is 5.60. The van der Waals surface area contributed by atoms with Crippen LogP contribution >= 0.6 is 11.6 Å². The molecule has 0 spiro atoms. The van der Waals surface area contributed by atoms with E-state index in [2.05, 4.69) is 0 Å². The highest BCUT2D eigenvalue weighted by Crippen LogP contribution is 2.22. The third-order valence-corrected chi connectivity index (χ3v) is 2.80. The summed E-state index contributed by atoms with van der Waals surface area (Å²) in [6.07, 6.45) is 0. The lowest BCUT2D eigenvalue weighted by molar-refractivity contribution is 0.306. The first-order chi connectivity index (χ1) is 8.29. The zero-order valence-electron chi connectivity index (χ0n) is 9.40. The molecule has 0 heterocycles. The van der Waals surface area contributed by atoms with Gasteiger partial charge in [0, 0.05) is 17.6 Å². The van der Waals surface area contributed by atoms with E-state index in [9.17, 15) is 0 Å². The van der Waals surface area contributed by atoms with Crippen molar-refractivity contribution in [2.75, 3.05) is 5.73 Å². The highest BCUT2D eigenvalue weighted by molar-refractivity contribution is 6.17. The highest BCUT2D eigenvalue weighted by atomic mass is 35.5. The van der Waals surface area contributed by atoms with Crippen molar-refractivity contribution < 1.29 is 4.74 Å². The lowest BCUT2D eigenvalue weighted by Crippen LogP contribution is -1.97. The predicted molar refractivity (Wildman–Crippen MR) is 71.2 cm³/mol. The molecule has 2 aromatic carbocycles. The summed E-state index contributed by atoms with van der Waals surface area (Å²) in [5.41, 5.74) is 8.57. The Morgan fingerprint density at radius 2 is 1.82 bits per heavy atom. The monoisotopic (exact) mass is 247 g/mol. The minimum Gasteiger partial charge on any atom is -0.489 e. The largest absolute Gasteiger partial charge is 0.489 e. The smallest absolute Gasteiger partial charge is 0.121 e. The summed E-state index contributed by atoms with van der Waals surface area (Å²) in [4.78, 5) is 0. The summed E-state index contributed by atoms with van der Waals surface area (Å²) in [6, 6.07) is 15.6. The van der Waals surface area contributed by atoms with Crippen LogP contribution < -0.4 is 10.5 Å². The molecule has 0 aliphatic heterocycles. The third-order valence-electron chi connectivity index (χ3n) is 2.51. The van der Waals surface area contributed by atoms with Crippen molar-refractivity contribution in [3.8, 4) is 5.75 Å². The van der Waals surface area contributed by atoms with Crippen molar-refractivity contribution >= 4 is 17.3 Å². The zero-order valence-corrected chi connectivity index (χ0v) is 10.2. The predicted octanol–water partition coefficient (Wildman–Crippen LogP) is 3.59. The van der Waals surface area contributed by atoms with E-state index in [1.54, 1.807) is 6.07 Å². The number of alkyl halides is 1. The van der Waals surface area contributed by atoms with Crippen LogP contribution in [0.5, 0.6) is 5.75 Å². The first-order valence-corrected chi connectivity index (χ1v) is 5.94. The molecule has 0 aromatic heterocycles. The van der Waals surface area contributed by atoms with Gasteiger partial charge in [-0.1, -0.05) is 36.4 Å². The summed E-state index contributed by atoms with van der Waals surface area (Å²) in [5, 5.41) is 0. The Hall–Kier alpha value is -1.67. The molecule has 2 rings (SSSR count). The molecular weight excluding hydrogens is 234 g/mol. The van der Waals surface area contributed by atoms with E-state index in [1.165, 1.54) is 0 Å². The van der Waals surface area contributed by atoms with Gasteiger partial charge in [-0.2, -0.15) is 0 Å². The van der Waals surface area contributed by atoms with Crippen molar-refractivity contribution in [1.29, 1.82) is 0 Å². The minimum absolute atomic E-state index is 0.421. The topological polar surface area (TPSA) is 35.2 Å². The molecule has 0 saturated carbocycles. The maximum absolute atomic E-state index is 5.84. The van der Waals surface area contributed by atoms with Gasteiger partial charge in [-0.05, 0) is 17.2 Å². The van der Waals surface area contributed by atoms with Crippen LogP contribution in [-0.2, 0) is 12.5 Å². The average molecular weight is 248 g/mol. The molecule has 0 saturated heterocycles. The molecule has 0 aliphatic carbocycles. The fourth-order valence-corrected chi connectivity index (χ4v) is 1.77. The Morgan fingerprint density at radius 1 is 1.06 bits per heavy atom. The number of ether oxygens (including phenoxy) is 1. The summed E-state index contributed by atoms with van der Waals surface area (Å²) in [7, 11) is 0. The molecule has 2 aromatic rings. The molecule has 0 atom stereocenters. The summed E-state index contributed by atoms with van der Waals surface area (Å²) in [6.45, 7) is 0.542. The van der Waals surface area contributed by atoms with Gasteiger partial charge >= 0.3 is 0 Å². The number of hydrogen-bond acceptors (Lipinski definition) is 2. The molecule has 0 radical (unpaired) electrons. The van der Waals surface area contributed by atoms with Crippen LogP contribution in [0.3, 0.4) is 0 Å². The van der Waals surface area contributed by atoms with Gasteiger partial charge in [0.1, 0.15) is 12.4 Å². The van der Waals surface area contributed by atoms with E-state index < -0.39 is 0 Å². The van der Waals surface area contributed by atoms with E-state index in [-0.39, 0.29) is 0 Å². The summed E-state index contributed by atoms with van der Waals surface area (Å²) >= 11 is 5.74. The maximum Gasteiger partial charge on any atom is 0.121 e. The maximum atomic E-state index is 5.84.